The maximum Gasteiger partial charge on any atom is 0.257 e. The number of rotatable bonds is 4. The number of amides is 1. The van der Waals surface area contributed by atoms with Gasteiger partial charge in [-0.15, -0.1) is 6.58 Å². The van der Waals surface area contributed by atoms with Crippen molar-refractivity contribution in [1.82, 2.24) is 9.88 Å². The average Bonchev–Trinajstić information content (AvgIpc) is 2.25. The average molecular weight is 206 g/mol. The lowest BCUT2D eigenvalue weighted by molar-refractivity contribution is 0.0779. The first-order valence-electron chi connectivity index (χ1n) is 4.73. The highest BCUT2D eigenvalue weighted by atomic mass is 16.3. The van der Waals surface area contributed by atoms with E-state index in [1.165, 1.54) is 18.5 Å². The van der Waals surface area contributed by atoms with E-state index in [9.17, 15) is 9.90 Å². The molecule has 4 heteroatoms. The summed E-state index contributed by atoms with van der Waals surface area (Å²) in [6, 6.07) is 1.50. The number of hydrogen-bond acceptors (Lipinski definition) is 3. The van der Waals surface area contributed by atoms with Gasteiger partial charge in [-0.25, -0.2) is 0 Å². The van der Waals surface area contributed by atoms with Crippen LogP contribution in [0.3, 0.4) is 0 Å². The Morgan fingerprint density at radius 2 is 2.47 bits per heavy atom. The normalized spacial score (nSPS) is 9.67. The molecular formula is C11H14N2O2. The summed E-state index contributed by atoms with van der Waals surface area (Å²) in [5, 5.41) is 9.46. The first-order valence-corrected chi connectivity index (χ1v) is 4.73. The van der Waals surface area contributed by atoms with E-state index >= 15 is 0 Å². The van der Waals surface area contributed by atoms with E-state index in [1.807, 2.05) is 6.92 Å². The van der Waals surface area contributed by atoms with Gasteiger partial charge in [0.05, 0.1) is 11.8 Å². The molecule has 0 aliphatic rings. The van der Waals surface area contributed by atoms with Crippen LogP contribution in [0.2, 0.25) is 0 Å². The number of nitrogens with zero attached hydrogens (tertiary/aromatic N) is 2. The van der Waals surface area contributed by atoms with Gasteiger partial charge in [-0.1, -0.05) is 6.08 Å². The van der Waals surface area contributed by atoms with E-state index in [-0.39, 0.29) is 17.2 Å². The molecular weight excluding hydrogens is 192 g/mol. The maximum absolute atomic E-state index is 11.9. The lowest BCUT2D eigenvalue weighted by Crippen LogP contribution is -2.30. The molecule has 1 aromatic rings. The van der Waals surface area contributed by atoms with Crippen LogP contribution in [0.1, 0.15) is 17.3 Å². The molecule has 0 unspecified atom stereocenters. The molecule has 0 atom stereocenters. The lowest BCUT2D eigenvalue weighted by Gasteiger charge is -2.19. The fourth-order valence-electron chi connectivity index (χ4n) is 1.25. The first-order chi connectivity index (χ1) is 7.20. The van der Waals surface area contributed by atoms with E-state index in [0.29, 0.717) is 13.1 Å². The summed E-state index contributed by atoms with van der Waals surface area (Å²) in [5.41, 5.74) is 0.272. The molecule has 0 saturated carbocycles. The van der Waals surface area contributed by atoms with Gasteiger partial charge in [0.15, 0.2) is 0 Å². The molecule has 0 saturated heterocycles. The number of aromatic nitrogens is 1. The molecule has 0 aliphatic carbocycles. The fraction of sp³-hybridized carbons (Fsp3) is 0.273. The highest BCUT2D eigenvalue weighted by Crippen LogP contribution is 2.16. The third kappa shape index (κ3) is 2.56. The summed E-state index contributed by atoms with van der Waals surface area (Å²) in [6.45, 7) is 6.50. The van der Waals surface area contributed by atoms with Crippen LogP contribution in [0.4, 0.5) is 0 Å². The predicted octanol–water partition coefficient (Wildman–Crippen LogP) is 1.44. The van der Waals surface area contributed by atoms with Gasteiger partial charge >= 0.3 is 0 Å². The number of likely N-dealkylation sites (N-methyl/N-ethyl adjacent to an activating group) is 1. The van der Waals surface area contributed by atoms with Gasteiger partial charge in [-0.05, 0) is 13.0 Å². The summed E-state index contributed by atoms with van der Waals surface area (Å²) in [7, 11) is 0. The molecule has 0 spiro atoms. The standard InChI is InChI=1S/C11H14N2O2/c1-3-7-13(4-2)11(15)9-5-6-12-8-10(9)14/h3,5-6,8,14H,1,4,7H2,2H3. The second-order valence-corrected chi connectivity index (χ2v) is 3.03. The van der Waals surface area contributed by atoms with E-state index < -0.39 is 0 Å². The summed E-state index contributed by atoms with van der Waals surface area (Å²) >= 11 is 0. The summed E-state index contributed by atoms with van der Waals surface area (Å²) in [4.78, 5) is 17.2. The van der Waals surface area contributed by atoms with Crippen LogP contribution in [0, 0.1) is 0 Å². The summed E-state index contributed by atoms with van der Waals surface area (Å²) in [6.07, 6.45) is 4.39. The zero-order valence-electron chi connectivity index (χ0n) is 8.68. The molecule has 15 heavy (non-hydrogen) atoms. The monoisotopic (exact) mass is 206 g/mol. The molecule has 80 valence electrons. The van der Waals surface area contributed by atoms with Gasteiger partial charge in [0, 0.05) is 19.3 Å². The van der Waals surface area contributed by atoms with Crippen LogP contribution in [-0.4, -0.2) is 34.0 Å². The van der Waals surface area contributed by atoms with Crippen molar-refractivity contribution in [2.75, 3.05) is 13.1 Å². The quantitative estimate of drug-likeness (QED) is 0.758. The van der Waals surface area contributed by atoms with Crippen molar-refractivity contribution in [2.24, 2.45) is 0 Å². The molecule has 1 N–H and O–H groups in total. The van der Waals surface area contributed by atoms with E-state index in [2.05, 4.69) is 11.6 Å². The molecule has 1 heterocycles. The van der Waals surface area contributed by atoms with Crippen molar-refractivity contribution < 1.29 is 9.90 Å². The smallest absolute Gasteiger partial charge is 0.257 e. The predicted molar refractivity (Wildman–Crippen MR) is 57.7 cm³/mol. The number of carbonyl (C=O) groups excluding carboxylic acids is 1. The van der Waals surface area contributed by atoms with Crippen molar-refractivity contribution in [3.63, 3.8) is 0 Å². The Morgan fingerprint density at radius 1 is 1.73 bits per heavy atom. The number of pyridine rings is 1. The minimum Gasteiger partial charge on any atom is -0.505 e. The van der Waals surface area contributed by atoms with Crippen molar-refractivity contribution in [3.05, 3.63) is 36.7 Å². The molecule has 0 aromatic carbocycles. The zero-order valence-corrected chi connectivity index (χ0v) is 8.68. The minimum absolute atomic E-state index is 0.0926. The zero-order chi connectivity index (χ0) is 11.3. The maximum atomic E-state index is 11.9. The van der Waals surface area contributed by atoms with Gasteiger partial charge in [-0.3, -0.25) is 9.78 Å². The Labute approximate surface area is 88.9 Å². The Kier molecular flexibility index (Phi) is 3.85. The van der Waals surface area contributed by atoms with Crippen LogP contribution >= 0.6 is 0 Å². The molecule has 0 fully saturated rings. The molecule has 1 amide bonds. The topological polar surface area (TPSA) is 53.4 Å². The molecule has 1 aromatic heterocycles. The highest BCUT2D eigenvalue weighted by molar-refractivity contribution is 5.96. The lowest BCUT2D eigenvalue weighted by atomic mass is 10.2. The molecule has 0 bridgehead atoms. The van der Waals surface area contributed by atoms with Gasteiger partial charge in [0.2, 0.25) is 0 Å². The van der Waals surface area contributed by atoms with E-state index in [4.69, 9.17) is 0 Å². The number of carbonyl (C=O) groups is 1. The highest BCUT2D eigenvalue weighted by Gasteiger charge is 2.15. The van der Waals surface area contributed by atoms with Gasteiger partial charge < -0.3 is 10.0 Å². The van der Waals surface area contributed by atoms with Crippen LogP contribution in [0.25, 0.3) is 0 Å². The minimum atomic E-state index is -0.211. The first kappa shape index (κ1) is 11.2. The van der Waals surface area contributed by atoms with E-state index in [0.717, 1.165) is 0 Å². The fourth-order valence-corrected chi connectivity index (χ4v) is 1.25. The van der Waals surface area contributed by atoms with Crippen molar-refractivity contribution in [2.45, 2.75) is 6.92 Å². The van der Waals surface area contributed by atoms with Crippen molar-refractivity contribution in [3.8, 4) is 5.75 Å². The van der Waals surface area contributed by atoms with Crippen molar-refractivity contribution >= 4 is 5.91 Å². The van der Waals surface area contributed by atoms with Crippen LogP contribution in [0.15, 0.2) is 31.1 Å². The molecule has 4 nitrogen and oxygen atoms in total. The summed E-state index contributed by atoms with van der Waals surface area (Å²) < 4.78 is 0. The second kappa shape index (κ2) is 5.14. The summed E-state index contributed by atoms with van der Waals surface area (Å²) in [5.74, 6) is -0.303. The number of aromatic hydroxyl groups is 1. The van der Waals surface area contributed by atoms with Crippen LogP contribution < -0.4 is 0 Å². The SMILES string of the molecule is C=CCN(CC)C(=O)c1ccncc1O. The third-order valence-electron chi connectivity index (χ3n) is 2.05. The Bertz CT molecular complexity index is 363. The largest absolute Gasteiger partial charge is 0.505 e. The Balaban J connectivity index is 2.92. The Hall–Kier alpha value is -1.84. The third-order valence-corrected chi connectivity index (χ3v) is 2.05. The second-order valence-electron chi connectivity index (χ2n) is 3.03. The van der Waals surface area contributed by atoms with Crippen LogP contribution in [0.5, 0.6) is 5.75 Å². The van der Waals surface area contributed by atoms with E-state index in [1.54, 1.807) is 11.0 Å². The molecule has 0 radical (unpaired) electrons. The van der Waals surface area contributed by atoms with Gasteiger partial charge in [-0.2, -0.15) is 0 Å². The number of hydrogen-bond donors (Lipinski definition) is 1. The molecule has 1 rings (SSSR count). The van der Waals surface area contributed by atoms with Gasteiger partial charge in [0.1, 0.15) is 5.75 Å². The van der Waals surface area contributed by atoms with Crippen molar-refractivity contribution in [1.29, 1.82) is 0 Å². The van der Waals surface area contributed by atoms with Gasteiger partial charge in [0.25, 0.3) is 5.91 Å². The molecule has 0 aliphatic heterocycles. The van der Waals surface area contributed by atoms with Crippen LogP contribution in [-0.2, 0) is 0 Å². The Morgan fingerprint density at radius 3 is 3.00 bits per heavy atom.